The second-order valence-electron chi connectivity index (χ2n) is 6.85. The van der Waals surface area contributed by atoms with E-state index in [1.54, 1.807) is 34.1 Å². The van der Waals surface area contributed by atoms with E-state index in [9.17, 15) is 19.1 Å². The van der Waals surface area contributed by atoms with Gasteiger partial charge >= 0.3 is 5.97 Å². The highest BCUT2D eigenvalue weighted by Crippen LogP contribution is 2.33. The van der Waals surface area contributed by atoms with Gasteiger partial charge in [-0.15, -0.1) is 0 Å². The highest BCUT2D eigenvalue weighted by atomic mass is 127. The van der Waals surface area contributed by atoms with E-state index in [1.807, 2.05) is 20.8 Å². The Morgan fingerprint density at radius 3 is 2.56 bits per heavy atom. The van der Waals surface area contributed by atoms with Crippen molar-refractivity contribution in [3.8, 4) is 0 Å². The Morgan fingerprint density at radius 2 is 2.04 bits per heavy atom. The summed E-state index contributed by atoms with van der Waals surface area (Å²) in [4.78, 5) is 24.9. The standard InChI is InChI=1S/C18H21FINO4/c1-5-25-17(24)11-8-21(15(9-22)18(2,3)4)14-7-12(19)13(20)6-10(14)16(11)23/h6-8,15,22H,5,9H2,1-4H3/t15-/m1/s1. The van der Waals surface area contributed by atoms with Gasteiger partial charge in [0.2, 0.25) is 5.43 Å². The van der Waals surface area contributed by atoms with Crippen molar-refractivity contribution in [2.75, 3.05) is 13.2 Å². The molecule has 1 heterocycles. The molecule has 0 bridgehead atoms. The molecular weight excluding hydrogens is 440 g/mol. The zero-order chi connectivity index (χ0) is 18.9. The van der Waals surface area contributed by atoms with Crippen molar-refractivity contribution < 1.29 is 19.0 Å². The van der Waals surface area contributed by atoms with Gasteiger partial charge in [-0.2, -0.15) is 0 Å². The smallest absolute Gasteiger partial charge is 0.343 e. The number of pyridine rings is 1. The molecule has 0 spiro atoms. The second kappa shape index (κ2) is 7.41. The Morgan fingerprint density at radius 1 is 1.40 bits per heavy atom. The molecule has 0 amide bonds. The summed E-state index contributed by atoms with van der Waals surface area (Å²) in [7, 11) is 0. The summed E-state index contributed by atoms with van der Waals surface area (Å²) in [6.07, 6.45) is 1.36. The molecule has 1 N–H and O–H groups in total. The van der Waals surface area contributed by atoms with E-state index < -0.39 is 23.3 Å². The highest BCUT2D eigenvalue weighted by molar-refractivity contribution is 14.1. The number of aromatic nitrogens is 1. The normalized spacial score (nSPS) is 13.1. The topological polar surface area (TPSA) is 68.5 Å². The van der Waals surface area contributed by atoms with Gasteiger partial charge in [0.25, 0.3) is 0 Å². The molecule has 136 valence electrons. The van der Waals surface area contributed by atoms with Crippen molar-refractivity contribution in [1.29, 1.82) is 0 Å². The maximum absolute atomic E-state index is 14.1. The first-order valence-electron chi connectivity index (χ1n) is 7.93. The molecule has 5 nitrogen and oxygen atoms in total. The lowest BCUT2D eigenvalue weighted by atomic mass is 9.86. The Balaban J connectivity index is 2.91. The molecule has 0 fully saturated rings. The predicted molar refractivity (Wildman–Crippen MR) is 102 cm³/mol. The largest absolute Gasteiger partial charge is 0.462 e. The Labute approximate surface area is 158 Å². The van der Waals surface area contributed by atoms with Crippen molar-refractivity contribution in [2.45, 2.75) is 33.7 Å². The van der Waals surface area contributed by atoms with Gasteiger partial charge in [0.15, 0.2) is 0 Å². The van der Waals surface area contributed by atoms with Crippen LogP contribution in [0.25, 0.3) is 10.9 Å². The molecule has 0 saturated carbocycles. The molecule has 0 unspecified atom stereocenters. The van der Waals surface area contributed by atoms with Crippen LogP contribution < -0.4 is 5.43 Å². The minimum absolute atomic E-state index is 0.126. The molecule has 0 saturated heterocycles. The van der Waals surface area contributed by atoms with Crippen LogP contribution in [-0.4, -0.2) is 28.9 Å². The van der Waals surface area contributed by atoms with Gasteiger partial charge in [-0.1, -0.05) is 20.8 Å². The van der Waals surface area contributed by atoms with E-state index in [1.165, 1.54) is 18.3 Å². The van der Waals surface area contributed by atoms with Crippen molar-refractivity contribution in [3.63, 3.8) is 0 Å². The van der Waals surface area contributed by atoms with Crippen LogP contribution in [0.4, 0.5) is 4.39 Å². The summed E-state index contributed by atoms with van der Waals surface area (Å²) >= 11 is 1.80. The number of fused-ring (bicyclic) bond motifs is 1. The minimum atomic E-state index is -0.729. The summed E-state index contributed by atoms with van der Waals surface area (Å²) in [5, 5.41) is 10.1. The van der Waals surface area contributed by atoms with E-state index in [0.29, 0.717) is 5.52 Å². The first-order valence-corrected chi connectivity index (χ1v) is 9.01. The van der Waals surface area contributed by atoms with Gasteiger partial charge in [0, 0.05) is 15.2 Å². The van der Waals surface area contributed by atoms with Gasteiger partial charge in [-0.25, -0.2) is 9.18 Å². The lowest BCUT2D eigenvalue weighted by Crippen LogP contribution is -2.31. The quantitative estimate of drug-likeness (QED) is 0.559. The molecular formula is C18H21FINO4. The van der Waals surface area contributed by atoms with Crippen LogP contribution in [-0.2, 0) is 4.74 Å². The Hall–Kier alpha value is -1.48. The average Bonchev–Trinajstić information content (AvgIpc) is 2.51. The number of halogens is 2. The molecule has 0 aliphatic heterocycles. The molecule has 7 heteroatoms. The number of aliphatic hydroxyl groups excluding tert-OH is 1. The number of hydrogen-bond donors (Lipinski definition) is 1. The molecule has 0 radical (unpaired) electrons. The molecule has 1 aromatic heterocycles. The van der Waals surface area contributed by atoms with Crippen LogP contribution in [0, 0.1) is 14.8 Å². The maximum Gasteiger partial charge on any atom is 0.343 e. The SMILES string of the molecule is CCOC(=O)c1cn([C@H](CO)C(C)(C)C)c2cc(F)c(I)cc2c1=O. The first kappa shape index (κ1) is 19.8. The molecule has 25 heavy (non-hydrogen) atoms. The number of aliphatic hydroxyl groups is 1. The number of carbonyl (C=O) groups is 1. The fraction of sp³-hybridized carbons (Fsp3) is 0.444. The minimum Gasteiger partial charge on any atom is -0.462 e. The monoisotopic (exact) mass is 461 g/mol. The van der Waals surface area contributed by atoms with Gasteiger partial charge in [-0.3, -0.25) is 4.79 Å². The van der Waals surface area contributed by atoms with Crippen LogP contribution in [0.5, 0.6) is 0 Å². The van der Waals surface area contributed by atoms with Crippen LogP contribution in [0.1, 0.15) is 44.1 Å². The third-order valence-electron chi connectivity index (χ3n) is 4.08. The number of carbonyl (C=O) groups excluding carboxylic acids is 1. The zero-order valence-electron chi connectivity index (χ0n) is 14.6. The summed E-state index contributed by atoms with van der Waals surface area (Å²) in [6.45, 7) is 7.33. The number of esters is 1. The molecule has 0 aliphatic rings. The number of ether oxygens (including phenoxy) is 1. The third-order valence-corrected chi connectivity index (χ3v) is 4.90. The number of benzene rings is 1. The lowest BCUT2D eigenvalue weighted by Gasteiger charge is -2.33. The van der Waals surface area contributed by atoms with Crippen molar-refractivity contribution in [1.82, 2.24) is 4.57 Å². The summed E-state index contributed by atoms with van der Waals surface area (Å²) < 4.78 is 21.0. The van der Waals surface area contributed by atoms with Crippen molar-refractivity contribution >= 4 is 39.5 Å². The molecule has 1 aromatic carbocycles. The van der Waals surface area contributed by atoms with Gasteiger partial charge in [0.1, 0.15) is 11.4 Å². The number of nitrogens with zero attached hydrogens (tertiary/aromatic N) is 1. The van der Waals surface area contributed by atoms with E-state index in [-0.39, 0.29) is 33.1 Å². The van der Waals surface area contributed by atoms with Gasteiger partial charge in [0.05, 0.1) is 24.8 Å². The lowest BCUT2D eigenvalue weighted by molar-refractivity contribution is 0.0522. The summed E-state index contributed by atoms with van der Waals surface area (Å²) in [5.74, 6) is -1.19. The molecule has 0 aliphatic carbocycles. The third kappa shape index (κ3) is 3.87. The van der Waals surface area contributed by atoms with Crippen LogP contribution in [0.2, 0.25) is 0 Å². The van der Waals surface area contributed by atoms with Crippen LogP contribution >= 0.6 is 22.6 Å². The van der Waals surface area contributed by atoms with E-state index in [4.69, 9.17) is 4.74 Å². The zero-order valence-corrected chi connectivity index (χ0v) is 16.8. The second-order valence-corrected chi connectivity index (χ2v) is 8.01. The molecule has 2 rings (SSSR count). The maximum atomic E-state index is 14.1. The molecule has 1 atom stereocenters. The van der Waals surface area contributed by atoms with E-state index >= 15 is 0 Å². The van der Waals surface area contributed by atoms with Crippen LogP contribution in [0.15, 0.2) is 23.1 Å². The number of hydrogen-bond acceptors (Lipinski definition) is 4. The van der Waals surface area contributed by atoms with E-state index in [0.717, 1.165) is 0 Å². The van der Waals surface area contributed by atoms with Gasteiger partial charge < -0.3 is 14.4 Å². The fourth-order valence-corrected chi connectivity index (χ4v) is 3.20. The average molecular weight is 461 g/mol. The van der Waals surface area contributed by atoms with Crippen molar-refractivity contribution in [3.05, 3.63) is 43.5 Å². The van der Waals surface area contributed by atoms with E-state index in [2.05, 4.69) is 0 Å². The first-order chi connectivity index (χ1) is 11.6. The summed E-state index contributed by atoms with van der Waals surface area (Å²) in [6, 6.07) is 2.23. The highest BCUT2D eigenvalue weighted by Gasteiger charge is 2.28. The fourth-order valence-electron chi connectivity index (χ4n) is 2.74. The predicted octanol–water partition coefficient (Wildman–Crippen LogP) is 3.50. The van der Waals surface area contributed by atoms with Crippen LogP contribution in [0.3, 0.4) is 0 Å². The number of rotatable bonds is 4. The van der Waals surface area contributed by atoms with Crippen molar-refractivity contribution in [2.24, 2.45) is 5.41 Å². The summed E-state index contributed by atoms with van der Waals surface area (Å²) in [5.41, 5.74) is -0.681. The van der Waals surface area contributed by atoms with Gasteiger partial charge in [-0.05, 0) is 47.1 Å². The Bertz CT molecular complexity index is 870. The Kier molecular flexibility index (Phi) is 5.88. The molecule has 2 aromatic rings.